The zero-order valence-corrected chi connectivity index (χ0v) is 10.9. The van der Waals surface area contributed by atoms with E-state index < -0.39 is 0 Å². The zero-order valence-electron chi connectivity index (χ0n) is 10.1. The first-order valence-corrected chi connectivity index (χ1v) is 6.71. The van der Waals surface area contributed by atoms with Crippen LogP contribution in [0.15, 0.2) is 35.2 Å². The predicted molar refractivity (Wildman–Crippen MR) is 72.3 cm³/mol. The number of aliphatic hydroxyl groups is 1. The molecular formula is C13H14N2O3S. The average Bonchev–Trinajstić information content (AvgIpc) is 2.94. The SMILES string of the molecule is O=C(N[C@H](CO)Cc1ccc(O)cc1)c1cscn1. The fourth-order valence-corrected chi connectivity index (χ4v) is 2.19. The van der Waals surface area contributed by atoms with E-state index in [1.54, 1.807) is 35.2 Å². The van der Waals surface area contributed by atoms with Gasteiger partial charge in [-0.05, 0) is 24.1 Å². The second-order valence-corrected chi connectivity index (χ2v) is 4.82. The summed E-state index contributed by atoms with van der Waals surface area (Å²) in [6.45, 7) is -0.156. The number of aromatic nitrogens is 1. The largest absolute Gasteiger partial charge is 0.508 e. The molecule has 1 aromatic heterocycles. The number of hydrogen-bond acceptors (Lipinski definition) is 5. The molecule has 1 heterocycles. The molecule has 19 heavy (non-hydrogen) atoms. The van der Waals surface area contributed by atoms with Gasteiger partial charge in [-0.2, -0.15) is 0 Å². The number of hydrogen-bond donors (Lipinski definition) is 3. The summed E-state index contributed by atoms with van der Waals surface area (Å²) in [5.41, 5.74) is 2.87. The van der Waals surface area contributed by atoms with Crippen molar-refractivity contribution < 1.29 is 15.0 Å². The molecule has 0 unspecified atom stereocenters. The van der Waals surface area contributed by atoms with Crippen molar-refractivity contribution in [1.82, 2.24) is 10.3 Å². The highest BCUT2D eigenvalue weighted by molar-refractivity contribution is 7.07. The number of amides is 1. The Morgan fingerprint density at radius 3 is 2.68 bits per heavy atom. The van der Waals surface area contributed by atoms with E-state index in [0.29, 0.717) is 12.1 Å². The van der Waals surface area contributed by atoms with Gasteiger partial charge in [-0.15, -0.1) is 11.3 Å². The number of aromatic hydroxyl groups is 1. The Balaban J connectivity index is 1.97. The number of phenols is 1. The molecule has 0 aliphatic carbocycles. The van der Waals surface area contributed by atoms with Crippen molar-refractivity contribution in [3.8, 4) is 5.75 Å². The highest BCUT2D eigenvalue weighted by Gasteiger charge is 2.14. The van der Waals surface area contributed by atoms with Gasteiger partial charge in [0.25, 0.3) is 5.91 Å². The number of phenolic OH excluding ortho intramolecular Hbond substituents is 1. The van der Waals surface area contributed by atoms with Crippen LogP contribution in [0.1, 0.15) is 16.1 Å². The molecule has 100 valence electrons. The summed E-state index contributed by atoms with van der Waals surface area (Å²) >= 11 is 1.35. The number of nitrogens with zero attached hydrogens (tertiary/aromatic N) is 1. The van der Waals surface area contributed by atoms with Crippen molar-refractivity contribution in [3.05, 3.63) is 46.4 Å². The lowest BCUT2D eigenvalue weighted by Gasteiger charge is -2.15. The fourth-order valence-electron chi connectivity index (χ4n) is 1.66. The first-order valence-electron chi connectivity index (χ1n) is 5.77. The molecular weight excluding hydrogens is 264 g/mol. The first kappa shape index (κ1) is 13.5. The Labute approximate surface area is 114 Å². The number of carbonyl (C=O) groups excluding carboxylic acids is 1. The van der Waals surface area contributed by atoms with Crippen molar-refractivity contribution in [2.24, 2.45) is 0 Å². The summed E-state index contributed by atoms with van der Waals surface area (Å²) in [6, 6.07) is 6.29. The number of carbonyl (C=O) groups is 1. The summed E-state index contributed by atoms with van der Waals surface area (Å²) in [5.74, 6) is -0.102. The Morgan fingerprint density at radius 2 is 2.11 bits per heavy atom. The van der Waals surface area contributed by atoms with Gasteiger partial charge in [0.15, 0.2) is 0 Å². The molecule has 6 heteroatoms. The molecule has 0 spiro atoms. The van der Waals surface area contributed by atoms with Gasteiger partial charge in [-0.1, -0.05) is 12.1 Å². The Kier molecular flexibility index (Phi) is 4.48. The van der Waals surface area contributed by atoms with Gasteiger partial charge >= 0.3 is 0 Å². The average molecular weight is 278 g/mol. The van der Waals surface area contributed by atoms with Crippen LogP contribution in [0.3, 0.4) is 0 Å². The lowest BCUT2D eigenvalue weighted by atomic mass is 10.1. The van der Waals surface area contributed by atoms with E-state index in [0.717, 1.165) is 5.56 Å². The molecule has 0 saturated carbocycles. The molecule has 1 aromatic carbocycles. The maximum absolute atomic E-state index is 11.8. The third-order valence-electron chi connectivity index (χ3n) is 2.64. The van der Waals surface area contributed by atoms with E-state index in [-0.39, 0.29) is 24.3 Å². The van der Waals surface area contributed by atoms with Crippen LogP contribution in [0.4, 0.5) is 0 Å². The summed E-state index contributed by atoms with van der Waals surface area (Å²) in [4.78, 5) is 15.7. The van der Waals surface area contributed by atoms with Gasteiger partial charge < -0.3 is 15.5 Å². The molecule has 1 amide bonds. The molecule has 3 N–H and O–H groups in total. The van der Waals surface area contributed by atoms with Crippen molar-refractivity contribution in [1.29, 1.82) is 0 Å². The molecule has 0 aliphatic heterocycles. The third-order valence-corrected chi connectivity index (χ3v) is 3.23. The van der Waals surface area contributed by atoms with Crippen LogP contribution in [-0.2, 0) is 6.42 Å². The minimum Gasteiger partial charge on any atom is -0.508 e. The van der Waals surface area contributed by atoms with Crippen molar-refractivity contribution in [2.45, 2.75) is 12.5 Å². The van der Waals surface area contributed by atoms with Gasteiger partial charge in [0.1, 0.15) is 11.4 Å². The molecule has 0 aliphatic rings. The zero-order chi connectivity index (χ0) is 13.7. The highest BCUT2D eigenvalue weighted by atomic mass is 32.1. The molecule has 2 aromatic rings. The second kappa shape index (κ2) is 6.31. The third kappa shape index (κ3) is 3.77. The second-order valence-electron chi connectivity index (χ2n) is 4.10. The topological polar surface area (TPSA) is 82.5 Å². The molecule has 2 rings (SSSR count). The van der Waals surface area contributed by atoms with Crippen LogP contribution >= 0.6 is 11.3 Å². The van der Waals surface area contributed by atoms with Gasteiger partial charge in [0.2, 0.25) is 0 Å². The smallest absolute Gasteiger partial charge is 0.271 e. The maximum atomic E-state index is 11.8. The number of nitrogens with one attached hydrogen (secondary N) is 1. The highest BCUT2D eigenvalue weighted by Crippen LogP contribution is 2.11. The van der Waals surface area contributed by atoms with Crippen LogP contribution in [0, 0.1) is 0 Å². The summed E-state index contributed by atoms with van der Waals surface area (Å²) < 4.78 is 0. The van der Waals surface area contributed by atoms with Gasteiger partial charge in [0.05, 0.1) is 18.2 Å². The van der Waals surface area contributed by atoms with Gasteiger partial charge in [-0.25, -0.2) is 4.98 Å². The lowest BCUT2D eigenvalue weighted by molar-refractivity contribution is 0.0912. The minimum absolute atomic E-state index is 0.156. The van der Waals surface area contributed by atoms with Crippen LogP contribution in [-0.4, -0.2) is 33.8 Å². The van der Waals surface area contributed by atoms with E-state index >= 15 is 0 Å². The van der Waals surface area contributed by atoms with Crippen molar-refractivity contribution in [2.75, 3.05) is 6.61 Å². The monoisotopic (exact) mass is 278 g/mol. The standard InChI is InChI=1S/C13H14N2O3S/c16-6-10(5-9-1-3-11(17)4-2-9)15-13(18)12-7-19-8-14-12/h1-4,7-8,10,16-17H,5-6H2,(H,15,18)/t10-/m0/s1. The Hall–Kier alpha value is -1.92. The summed E-state index contributed by atoms with van der Waals surface area (Å²) in [7, 11) is 0. The predicted octanol–water partition coefficient (Wildman–Crippen LogP) is 1.18. The molecule has 0 fully saturated rings. The summed E-state index contributed by atoms with van der Waals surface area (Å²) in [5, 5.41) is 22.9. The number of aliphatic hydroxyl groups excluding tert-OH is 1. The maximum Gasteiger partial charge on any atom is 0.271 e. The van der Waals surface area contributed by atoms with Crippen LogP contribution in [0.25, 0.3) is 0 Å². The molecule has 0 saturated heterocycles. The first-order chi connectivity index (χ1) is 9.19. The van der Waals surface area contributed by atoms with Gasteiger partial charge in [-0.3, -0.25) is 4.79 Å². The van der Waals surface area contributed by atoms with Crippen molar-refractivity contribution >= 4 is 17.2 Å². The number of benzene rings is 1. The van der Waals surface area contributed by atoms with E-state index in [4.69, 9.17) is 0 Å². The van der Waals surface area contributed by atoms with E-state index in [1.165, 1.54) is 11.3 Å². The Morgan fingerprint density at radius 1 is 1.37 bits per heavy atom. The minimum atomic E-state index is -0.376. The van der Waals surface area contributed by atoms with Crippen LogP contribution < -0.4 is 5.32 Å². The number of rotatable bonds is 5. The van der Waals surface area contributed by atoms with Crippen LogP contribution in [0.2, 0.25) is 0 Å². The molecule has 1 atom stereocenters. The number of thiazole rings is 1. The van der Waals surface area contributed by atoms with Crippen molar-refractivity contribution in [3.63, 3.8) is 0 Å². The molecule has 0 radical (unpaired) electrons. The lowest BCUT2D eigenvalue weighted by Crippen LogP contribution is -2.39. The molecule has 5 nitrogen and oxygen atoms in total. The van der Waals surface area contributed by atoms with E-state index in [1.807, 2.05) is 0 Å². The molecule has 0 bridgehead atoms. The Bertz CT molecular complexity index is 525. The summed E-state index contributed by atoms with van der Waals surface area (Å²) in [6.07, 6.45) is 0.493. The van der Waals surface area contributed by atoms with Crippen LogP contribution in [0.5, 0.6) is 5.75 Å². The normalized spacial score (nSPS) is 12.1. The fraction of sp³-hybridized carbons (Fsp3) is 0.231. The quantitative estimate of drug-likeness (QED) is 0.767. The van der Waals surface area contributed by atoms with E-state index in [9.17, 15) is 15.0 Å². The van der Waals surface area contributed by atoms with E-state index in [2.05, 4.69) is 10.3 Å². The van der Waals surface area contributed by atoms with Gasteiger partial charge in [0, 0.05) is 5.38 Å².